The average Bonchev–Trinajstić information content (AvgIpc) is 3.11. The summed E-state index contributed by atoms with van der Waals surface area (Å²) in [6, 6.07) is 9.14. The monoisotopic (exact) mass is 345 g/mol. The highest BCUT2D eigenvalue weighted by Crippen LogP contribution is 2.24. The molecule has 2 N–H and O–H groups in total. The van der Waals surface area contributed by atoms with Gasteiger partial charge in [-0.25, -0.2) is 9.37 Å². The second-order valence-corrected chi connectivity index (χ2v) is 6.19. The molecule has 2 heterocycles. The fourth-order valence-electron chi connectivity index (χ4n) is 2.03. The van der Waals surface area contributed by atoms with E-state index in [1.165, 1.54) is 35.6 Å². The van der Waals surface area contributed by atoms with Crippen molar-refractivity contribution in [1.29, 1.82) is 0 Å². The molecule has 124 valence electrons. The van der Waals surface area contributed by atoms with Gasteiger partial charge < -0.3 is 15.2 Å². The lowest BCUT2D eigenvalue weighted by Gasteiger charge is -2.22. The number of aliphatic hydroxyl groups is 1. The third kappa shape index (κ3) is 4.06. The average molecular weight is 345 g/mol. The summed E-state index contributed by atoms with van der Waals surface area (Å²) in [7, 11) is 0. The van der Waals surface area contributed by atoms with Crippen LogP contribution in [0.4, 0.5) is 10.3 Å². The summed E-state index contributed by atoms with van der Waals surface area (Å²) in [5, 5.41) is 17.3. The molecule has 1 unspecified atom stereocenters. The van der Waals surface area contributed by atoms with Gasteiger partial charge in [0.25, 0.3) is 0 Å². The van der Waals surface area contributed by atoms with Crippen LogP contribution >= 0.6 is 11.3 Å². The van der Waals surface area contributed by atoms with Crippen LogP contribution in [0.5, 0.6) is 11.6 Å². The Morgan fingerprint density at radius 2 is 2.04 bits per heavy atom. The van der Waals surface area contributed by atoms with Crippen molar-refractivity contribution in [1.82, 2.24) is 9.97 Å². The first-order valence-corrected chi connectivity index (χ1v) is 8.23. The summed E-state index contributed by atoms with van der Waals surface area (Å²) in [4.78, 5) is 8.34. The van der Waals surface area contributed by atoms with Crippen molar-refractivity contribution in [3.05, 3.63) is 64.7 Å². The summed E-state index contributed by atoms with van der Waals surface area (Å²) in [6.45, 7) is 1.98. The first-order chi connectivity index (χ1) is 11.5. The molecule has 0 aliphatic heterocycles. The Morgan fingerprint density at radius 1 is 1.25 bits per heavy atom. The number of halogens is 1. The van der Waals surface area contributed by atoms with Crippen molar-refractivity contribution in [3.8, 4) is 11.6 Å². The van der Waals surface area contributed by atoms with Crippen molar-refractivity contribution in [2.75, 3.05) is 11.9 Å². The molecule has 0 amide bonds. The molecule has 0 fully saturated rings. The van der Waals surface area contributed by atoms with Crippen molar-refractivity contribution >= 4 is 17.3 Å². The molecule has 0 aliphatic carbocycles. The normalized spacial score (nSPS) is 13.3. The van der Waals surface area contributed by atoms with Gasteiger partial charge in [0.1, 0.15) is 17.2 Å². The van der Waals surface area contributed by atoms with Crippen LogP contribution in [0.25, 0.3) is 0 Å². The van der Waals surface area contributed by atoms with Crippen LogP contribution in [-0.2, 0) is 5.60 Å². The Balaban J connectivity index is 1.66. The summed E-state index contributed by atoms with van der Waals surface area (Å²) < 4.78 is 18.5. The molecule has 7 heteroatoms. The highest BCUT2D eigenvalue weighted by molar-refractivity contribution is 7.08. The van der Waals surface area contributed by atoms with Gasteiger partial charge in [0.2, 0.25) is 11.8 Å². The second-order valence-electron chi connectivity index (χ2n) is 5.41. The number of hydrogen-bond donors (Lipinski definition) is 2. The minimum atomic E-state index is -1.03. The van der Waals surface area contributed by atoms with Gasteiger partial charge in [-0.15, -0.1) is 0 Å². The smallest absolute Gasteiger partial charge is 0.226 e. The van der Waals surface area contributed by atoms with Crippen LogP contribution in [-0.4, -0.2) is 21.6 Å². The number of hydrogen-bond acceptors (Lipinski definition) is 6. The van der Waals surface area contributed by atoms with Gasteiger partial charge >= 0.3 is 0 Å². The molecule has 3 aromatic rings. The van der Waals surface area contributed by atoms with Crippen LogP contribution in [0.3, 0.4) is 0 Å². The fraction of sp³-hybridized carbons (Fsp3) is 0.176. The molecule has 1 atom stereocenters. The van der Waals surface area contributed by atoms with E-state index >= 15 is 0 Å². The van der Waals surface area contributed by atoms with E-state index < -0.39 is 5.60 Å². The molecule has 2 aromatic heterocycles. The number of aromatic nitrogens is 2. The van der Waals surface area contributed by atoms with Gasteiger partial charge in [-0.3, -0.25) is 0 Å². The lowest BCUT2D eigenvalue weighted by molar-refractivity contribution is 0.0718. The van der Waals surface area contributed by atoms with Gasteiger partial charge in [-0.05, 0) is 53.6 Å². The van der Waals surface area contributed by atoms with E-state index in [2.05, 4.69) is 15.3 Å². The molecular weight excluding hydrogens is 329 g/mol. The maximum Gasteiger partial charge on any atom is 0.226 e. The number of thiophene rings is 1. The van der Waals surface area contributed by atoms with Gasteiger partial charge in [0, 0.05) is 12.3 Å². The predicted molar refractivity (Wildman–Crippen MR) is 90.9 cm³/mol. The molecule has 0 saturated heterocycles. The number of anilines is 1. The fourth-order valence-corrected chi connectivity index (χ4v) is 2.81. The summed E-state index contributed by atoms with van der Waals surface area (Å²) in [5.74, 6) is 0.814. The number of rotatable bonds is 6. The van der Waals surface area contributed by atoms with Crippen LogP contribution in [0.2, 0.25) is 0 Å². The summed E-state index contributed by atoms with van der Waals surface area (Å²) in [5.41, 5.74) is -0.198. The van der Waals surface area contributed by atoms with E-state index in [9.17, 15) is 9.50 Å². The third-order valence-corrected chi connectivity index (χ3v) is 4.08. The Hall–Kier alpha value is -2.51. The molecule has 0 aliphatic rings. The Labute approximate surface area is 142 Å². The Kier molecular flexibility index (Phi) is 4.73. The zero-order valence-corrected chi connectivity index (χ0v) is 13.8. The zero-order chi connectivity index (χ0) is 17.0. The standard InChI is InChI=1S/C17H16FN3O2S/c1-17(22,12-7-9-24-10-12)11-20-16-19-8-6-15(21-16)23-14-4-2-13(18)3-5-14/h2-10,22H,11H2,1H3,(H,19,20,21). The van der Waals surface area contributed by atoms with Crippen molar-refractivity contribution in [2.24, 2.45) is 0 Å². The number of nitrogens with one attached hydrogen (secondary N) is 1. The Bertz CT molecular complexity index is 792. The summed E-state index contributed by atoms with van der Waals surface area (Å²) in [6.07, 6.45) is 1.55. The van der Waals surface area contributed by atoms with Crippen molar-refractivity contribution in [2.45, 2.75) is 12.5 Å². The molecule has 0 saturated carbocycles. The Morgan fingerprint density at radius 3 is 2.75 bits per heavy atom. The van der Waals surface area contributed by atoms with Crippen LogP contribution < -0.4 is 10.1 Å². The number of nitrogens with zero attached hydrogens (tertiary/aromatic N) is 2. The van der Waals surface area contributed by atoms with E-state index in [0.29, 0.717) is 17.6 Å². The minimum Gasteiger partial charge on any atom is -0.439 e. The molecule has 3 rings (SSSR count). The molecule has 0 bridgehead atoms. The first-order valence-electron chi connectivity index (χ1n) is 7.28. The van der Waals surface area contributed by atoms with Gasteiger partial charge in [0.15, 0.2) is 0 Å². The maximum absolute atomic E-state index is 12.9. The predicted octanol–water partition coefficient (Wildman–Crippen LogP) is 3.79. The summed E-state index contributed by atoms with van der Waals surface area (Å²) >= 11 is 1.53. The second kappa shape index (κ2) is 6.94. The molecule has 24 heavy (non-hydrogen) atoms. The number of ether oxygens (including phenoxy) is 1. The van der Waals surface area contributed by atoms with Gasteiger partial charge in [0.05, 0.1) is 6.54 Å². The maximum atomic E-state index is 12.9. The molecule has 0 spiro atoms. The van der Waals surface area contributed by atoms with Crippen LogP contribution in [0.15, 0.2) is 53.4 Å². The number of benzene rings is 1. The van der Waals surface area contributed by atoms with E-state index in [1.807, 2.05) is 16.8 Å². The SMILES string of the molecule is CC(O)(CNc1nccc(Oc2ccc(F)cc2)n1)c1ccsc1. The molecular formula is C17H16FN3O2S. The molecule has 1 aromatic carbocycles. The zero-order valence-electron chi connectivity index (χ0n) is 12.9. The van der Waals surface area contributed by atoms with Gasteiger partial charge in [-0.1, -0.05) is 0 Å². The highest BCUT2D eigenvalue weighted by Gasteiger charge is 2.23. The lowest BCUT2D eigenvalue weighted by Crippen LogP contribution is -2.30. The molecule has 5 nitrogen and oxygen atoms in total. The van der Waals surface area contributed by atoms with Crippen molar-refractivity contribution in [3.63, 3.8) is 0 Å². The van der Waals surface area contributed by atoms with Crippen LogP contribution in [0, 0.1) is 5.82 Å². The van der Waals surface area contributed by atoms with Crippen molar-refractivity contribution < 1.29 is 14.2 Å². The third-order valence-electron chi connectivity index (χ3n) is 3.40. The molecule has 0 radical (unpaired) electrons. The van der Waals surface area contributed by atoms with Gasteiger partial charge in [-0.2, -0.15) is 16.3 Å². The van der Waals surface area contributed by atoms with E-state index in [-0.39, 0.29) is 12.4 Å². The highest BCUT2D eigenvalue weighted by atomic mass is 32.1. The van der Waals surface area contributed by atoms with E-state index in [1.54, 1.807) is 19.2 Å². The lowest BCUT2D eigenvalue weighted by atomic mass is 9.99. The largest absolute Gasteiger partial charge is 0.439 e. The topological polar surface area (TPSA) is 67.3 Å². The van der Waals surface area contributed by atoms with E-state index in [0.717, 1.165) is 5.56 Å². The minimum absolute atomic E-state index is 0.254. The first kappa shape index (κ1) is 16.4. The van der Waals surface area contributed by atoms with E-state index in [4.69, 9.17) is 4.74 Å². The van der Waals surface area contributed by atoms with Crippen LogP contribution in [0.1, 0.15) is 12.5 Å². The quantitative estimate of drug-likeness (QED) is 0.711.